The summed E-state index contributed by atoms with van der Waals surface area (Å²) in [5, 5.41) is 2.83. The normalized spacial score (nSPS) is 20.6. The van der Waals surface area contributed by atoms with Crippen molar-refractivity contribution < 1.29 is 19.1 Å². The summed E-state index contributed by atoms with van der Waals surface area (Å²) in [6, 6.07) is 5.28. The highest BCUT2D eigenvalue weighted by atomic mass is 16.7. The SMILES string of the molecule is NC(=O)[C@@H]1CCCN(CC(=O)Nc2ccc3c(c2)OCO3)C1. The summed E-state index contributed by atoms with van der Waals surface area (Å²) >= 11 is 0. The molecule has 0 aliphatic carbocycles. The number of carbonyl (C=O) groups is 2. The minimum atomic E-state index is -0.291. The minimum Gasteiger partial charge on any atom is -0.454 e. The van der Waals surface area contributed by atoms with E-state index in [2.05, 4.69) is 5.32 Å². The molecule has 1 atom stereocenters. The number of ether oxygens (including phenoxy) is 2. The molecule has 2 aliphatic rings. The summed E-state index contributed by atoms with van der Waals surface area (Å²) in [4.78, 5) is 25.3. The first kappa shape index (κ1) is 14.6. The zero-order valence-corrected chi connectivity index (χ0v) is 12.2. The Kier molecular flexibility index (Phi) is 4.15. The lowest BCUT2D eigenvalue weighted by Gasteiger charge is -2.30. The molecule has 0 spiro atoms. The second-order valence-corrected chi connectivity index (χ2v) is 5.59. The fourth-order valence-corrected chi connectivity index (χ4v) is 2.81. The molecule has 3 N–H and O–H groups in total. The van der Waals surface area contributed by atoms with Gasteiger partial charge in [-0.2, -0.15) is 0 Å². The molecule has 0 unspecified atom stereocenters. The van der Waals surface area contributed by atoms with Crippen LogP contribution < -0.4 is 20.5 Å². The minimum absolute atomic E-state index is 0.121. The van der Waals surface area contributed by atoms with Crippen LogP contribution in [0.4, 0.5) is 5.69 Å². The fraction of sp³-hybridized carbons (Fsp3) is 0.467. The molecule has 0 aromatic heterocycles. The van der Waals surface area contributed by atoms with Crippen molar-refractivity contribution in [2.45, 2.75) is 12.8 Å². The highest BCUT2D eigenvalue weighted by Gasteiger charge is 2.25. The molecule has 1 aromatic rings. The van der Waals surface area contributed by atoms with Crippen LogP contribution in [0.3, 0.4) is 0 Å². The van der Waals surface area contributed by atoms with Crippen LogP contribution in [-0.2, 0) is 9.59 Å². The maximum Gasteiger partial charge on any atom is 0.238 e. The predicted molar refractivity (Wildman–Crippen MR) is 79.6 cm³/mol. The van der Waals surface area contributed by atoms with Crippen LogP contribution in [0.5, 0.6) is 11.5 Å². The van der Waals surface area contributed by atoms with Crippen LogP contribution in [0, 0.1) is 5.92 Å². The van der Waals surface area contributed by atoms with Crippen LogP contribution in [0.2, 0.25) is 0 Å². The first-order chi connectivity index (χ1) is 10.6. The third-order valence-corrected chi connectivity index (χ3v) is 3.93. The van der Waals surface area contributed by atoms with Crippen LogP contribution >= 0.6 is 0 Å². The van der Waals surface area contributed by atoms with Crippen LogP contribution in [-0.4, -0.2) is 43.1 Å². The lowest BCUT2D eigenvalue weighted by Crippen LogP contribution is -2.44. The first-order valence-electron chi connectivity index (χ1n) is 7.33. The van der Waals surface area contributed by atoms with Crippen LogP contribution in [0.15, 0.2) is 18.2 Å². The molecular weight excluding hydrogens is 286 g/mol. The standard InChI is InChI=1S/C15H19N3O4/c16-15(20)10-2-1-5-18(7-10)8-14(19)17-11-3-4-12-13(6-11)22-9-21-12/h3-4,6,10H,1-2,5,7-9H2,(H2,16,20)(H,17,19)/t10-/m1/s1. The molecule has 0 saturated carbocycles. The highest BCUT2D eigenvalue weighted by Crippen LogP contribution is 2.34. The van der Waals surface area contributed by atoms with E-state index in [9.17, 15) is 9.59 Å². The molecule has 0 radical (unpaired) electrons. The van der Waals surface area contributed by atoms with E-state index in [0.717, 1.165) is 19.4 Å². The summed E-state index contributed by atoms with van der Waals surface area (Å²) in [6.45, 7) is 1.80. The number of hydrogen-bond donors (Lipinski definition) is 2. The van der Waals surface area contributed by atoms with Crippen LogP contribution in [0.25, 0.3) is 0 Å². The van der Waals surface area contributed by atoms with Gasteiger partial charge in [0.25, 0.3) is 0 Å². The van der Waals surface area contributed by atoms with E-state index >= 15 is 0 Å². The van der Waals surface area contributed by atoms with Crippen molar-refractivity contribution in [3.63, 3.8) is 0 Å². The Balaban J connectivity index is 1.55. The number of likely N-dealkylation sites (tertiary alicyclic amines) is 1. The number of carbonyl (C=O) groups excluding carboxylic acids is 2. The van der Waals surface area contributed by atoms with Gasteiger partial charge >= 0.3 is 0 Å². The summed E-state index contributed by atoms with van der Waals surface area (Å²) < 4.78 is 10.5. The summed E-state index contributed by atoms with van der Waals surface area (Å²) in [5.74, 6) is 0.736. The second kappa shape index (κ2) is 6.23. The third-order valence-electron chi connectivity index (χ3n) is 3.93. The van der Waals surface area contributed by atoms with E-state index < -0.39 is 0 Å². The lowest BCUT2D eigenvalue weighted by molar-refractivity contribution is -0.125. The predicted octanol–water partition coefficient (Wildman–Crippen LogP) is 0.551. The Labute approximate surface area is 128 Å². The monoisotopic (exact) mass is 305 g/mol. The van der Waals surface area contributed by atoms with E-state index in [1.54, 1.807) is 18.2 Å². The average Bonchev–Trinajstić information content (AvgIpc) is 2.95. The van der Waals surface area contributed by atoms with E-state index in [1.165, 1.54) is 0 Å². The molecule has 7 nitrogen and oxygen atoms in total. The number of rotatable bonds is 4. The molecular formula is C15H19N3O4. The number of amides is 2. The summed E-state index contributed by atoms with van der Waals surface area (Å²) in [5.41, 5.74) is 6.01. The van der Waals surface area contributed by atoms with Crippen molar-refractivity contribution in [2.75, 3.05) is 31.7 Å². The number of anilines is 1. The second-order valence-electron chi connectivity index (χ2n) is 5.59. The van der Waals surface area contributed by atoms with Gasteiger partial charge in [0, 0.05) is 18.3 Å². The van der Waals surface area contributed by atoms with Gasteiger partial charge in [-0.25, -0.2) is 0 Å². The molecule has 2 heterocycles. The number of nitrogens with two attached hydrogens (primary N) is 1. The van der Waals surface area contributed by atoms with Crippen molar-refractivity contribution in [3.05, 3.63) is 18.2 Å². The number of hydrogen-bond acceptors (Lipinski definition) is 5. The summed E-state index contributed by atoms with van der Waals surface area (Å²) in [6.07, 6.45) is 1.68. The molecule has 2 aliphatic heterocycles. The van der Waals surface area contributed by atoms with Gasteiger partial charge in [-0.15, -0.1) is 0 Å². The van der Waals surface area contributed by atoms with Gasteiger partial charge < -0.3 is 20.5 Å². The van der Waals surface area contributed by atoms with Gasteiger partial charge in [-0.1, -0.05) is 0 Å². The Hall–Kier alpha value is -2.28. The van der Waals surface area contributed by atoms with E-state index in [0.29, 0.717) is 23.7 Å². The van der Waals surface area contributed by atoms with E-state index in [4.69, 9.17) is 15.2 Å². The fourth-order valence-electron chi connectivity index (χ4n) is 2.81. The van der Waals surface area contributed by atoms with E-state index in [1.807, 2.05) is 4.90 Å². The van der Waals surface area contributed by atoms with Gasteiger partial charge in [0.1, 0.15) is 0 Å². The largest absolute Gasteiger partial charge is 0.454 e. The molecule has 3 rings (SSSR count). The molecule has 7 heteroatoms. The van der Waals surface area contributed by atoms with Crippen LogP contribution in [0.1, 0.15) is 12.8 Å². The van der Waals surface area contributed by atoms with Gasteiger partial charge in [-0.3, -0.25) is 14.5 Å². The summed E-state index contributed by atoms with van der Waals surface area (Å²) in [7, 11) is 0. The smallest absolute Gasteiger partial charge is 0.238 e. The third kappa shape index (κ3) is 3.30. The number of fused-ring (bicyclic) bond motifs is 1. The van der Waals surface area contributed by atoms with Crippen molar-refractivity contribution >= 4 is 17.5 Å². The Morgan fingerprint density at radius 3 is 2.95 bits per heavy atom. The van der Waals surface area contributed by atoms with Gasteiger partial charge in [0.05, 0.1) is 12.5 Å². The Morgan fingerprint density at radius 2 is 2.14 bits per heavy atom. The number of nitrogens with one attached hydrogen (secondary N) is 1. The maximum atomic E-state index is 12.1. The Bertz CT molecular complexity index is 590. The molecule has 1 fully saturated rings. The first-order valence-corrected chi connectivity index (χ1v) is 7.33. The number of piperidine rings is 1. The van der Waals surface area contributed by atoms with Crippen molar-refractivity contribution in [2.24, 2.45) is 11.7 Å². The van der Waals surface area contributed by atoms with Gasteiger partial charge in [0.2, 0.25) is 18.6 Å². The maximum absolute atomic E-state index is 12.1. The lowest BCUT2D eigenvalue weighted by atomic mass is 9.97. The molecule has 118 valence electrons. The molecule has 0 bridgehead atoms. The van der Waals surface area contributed by atoms with E-state index in [-0.39, 0.29) is 31.1 Å². The highest BCUT2D eigenvalue weighted by molar-refractivity contribution is 5.92. The number of benzene rings is 1. The number of nitrogens with zero attached hydrogens (tertiary/aromatic N) is 1. The zero-order valence-electron chi connectivity index (χ0n) is 12.2. The number of primary amides is 1. The molecule has 2 amide bonds. The average molecular weight is 305 g/mol. The van der Waals surface area contributed by atoms with Gasteiger partial charge in [-0.05, 0) is 31.5 Å². The van der Waals surface area contributed by atoms with Gasteiger partial charge in [0.15, 0.2) is 11.5 Å². The molecule has 22 heavy (non-hydrogen) atoms. The molecule has 1 saturated heterocycles. The zero-order chi connectivity index (χ0) is 15.5. The Morgan fingerprint density at radius 1 is 1.32 bits per heavy atom. The van der Waals surface area contributed by atoms with Crippen molar-refractivity contribution in [3.8, 4) is 11.5 Å². The van der Waals surface area contributed by atoms with Crippen molar-refractivity contribution in [1.29, 1.82) is 0 Å². The molecule has 1 aromatic carbocycles. The topological polar surface area (TPSA) is 93.9 Å². The quantitative estimate of drug-likeness (QED) is 0.847. The van der Waals surface area contributed by atoms with Crippen molar-refractivity contribution in [1.82, 2.24) is 4.90 Å².